The molecule has 3 heterocycles. The van der Waals surface area contributed by atoms with Gasteiger partial charge in [-0.25, -0.2) is 4.79 Å². The van der Waals surface area contributed by atoms with Crippen molar-refractivity contribution in [1.29, 1.82) is 0 Å². The second-order valence-electron chi connectivity index (χ2n) is 9.05. The van der Waals surface area contributed by atoms with E-state index in [4.69, 9.17) is 0 Å². The van der Waals surface area contributed by atoms with Gasteiger partial charge in [0.05, 0.1) is 10.4 Å². The number of rotatable bonds is 6. The molecular formula is C24H27N3O4S2. The highest BCUT2D eigenvalue weighted by Gasteiger charge is 2.51. The Balaban J connectivity index is 1.29. The second kappa shape index (κ2) is 9.02. The maximum atomic E-state index is 13.2. The molecule has 7 nitrogen and oxygen atoms in total. The number of aryl methyl sites for hydroxylation is 1. The van der Waals surface area contributed by atoms with Crippen LogP contribution in [0.15, 0.2) is 17.5 Å². The Bertz CT molecular complexity index is 1100. The normalized spacial score (nSPS) is 19.5. The number of carbonyl (C=O) groups excluding carboxylic acids is 4. The van der Waals surface area contributed by atoms with E-state index in [1.54, 1.807) is 0 Å². The third-order valence-corrected chi connectivity index (χ3v) is 8.99. The van der Waals surface area contributed by atoms with Gasteiger partial charge in [0.25, 0.3) is 5.91 Å². The van der Waals surface area contributed by atoms with Crippen molar-refractivity contribution in [2.24, 2.45) is 0 Å². The number of amides is 4. The summed E-state index contributed by atoms with van der Waals surface area (Å²) < 4.78 is 0. The van der Waals surface area contributed by atoms with Gasteiger partial charge in [-0.1, -0.05) is 25.3 Å². The molecule has 0 radical (unpaired) electrons. The van der Waals surface area contributed by atoms with Crippen LogP contribution in [-0.4, -0.2) is 40.6 Å². The summed E-state index contributed by atoms with van der Waals surface area (Å²) in [4.78, 5) is 54.5. The molecule has 2 aromatic rings. The second-order valence-corrected chi connectivity index (χ2v) is 11.1. The highest BCUT2D eigenvalue weighted by molar-refractivity contribution is 7.17. The van der Waals surface area contributed by atoms with E-state index in [1.165, 1.54) is 32.5 Å². The number of carbonyl (C=O) groups is 4. The van der Waals surface area contributed by atoms with E-state index in [9.17, 15) is 19.2 Å². The van der Waals surface area contributed by atoms with Gasteiger partial charge >= 0.3 is 6.03 Å². The lowest BCUT2D eigenvalue weighted by Gasteiger charge is -2.30. The van der Waals surface area contributed by atoms with Crippen molar-refractivity contribution in [2.75, 3.05) is 11.9 Å². The maximum absolute atomic E-state index is 13.2. The Kier molecular flexibility index (Phi) is 6.09. The number of fused-ring (bicyclic) bond motifs is 1. The molecule has 1 aliphatic heterocycles. The Morgan fingerprint density at radius 3 is 2.64 bits per heavy atom. The van der Waals surface area contributed by atoms with E-state index in [1.807, 2.05) is 17.5 Å². The Morgan fingerprint density at radius 1 is 1.09 bits per heavy atom. The molecule has 2 N–H and O–H groups in total. The van der Waals surface area contributed by atoms with Gasteiger partial charge in [-0.05, 0) is 55.5 Å². The van der Waals surface area contributed by atoms with E-state index < -0.39 is 11.6 Å². The monoisotopic (exact) mass is 485 g/mol. The summed E-state index contributed by atoms with van der Waals surface area (Å²) in [6.45, 7) is 0.0392. The molecular weight excluding hydrogens is 458 g/mol. The van der Waals surface area contributed by atoms with Gasteiger partial charge < -0.3 is 10.6 Å². The summed E-state index contributed by atoms with van der Waals surface area (Å²) in [7, 11) is 0. The third kappa shape index (κ3) is 4.12. The SMILES string of the molecule is O=C(CCN1C(=O)NC2(CCCCC2)C1=O)Nc1sc2c(c1C(=O)c1cccs1)CCCC2. The molecule has 1 saturated carbocycles. The summed E-state index contributed by atoms with van der Waals surface area (Å²) in [5.74, 6) is -0.549. The lowest BCUT2D eigenvalue weighted by molar-refractivity contribution is -0.132. The molecule has 0 unspecified atom stereocenters. The fourth-order valence-corrected chi connectivity index (χ4v) is 7.17. The zero-order valence-corrected chi connectivity index (χ0v) is 20.0. The van der Waals surface area contributed by atoms with Gasteiger partial charge in [0.1, 0.15) is 10.5 Å². The number of nitrogens with zero attached hydrogens (tertiary/aromatic N) is 1. The smallest absolute Gasteiger partial charge is 0.323 e. The average molecular weight is 486 g/mol. The van der Waals surface area contributed by atoms with E-state index in [0.29, 0.717) is 28.3 Å². The highest BCUT2D eigenvalue weighted by Crippen LogP contribution is 2.40. The van der Waals surface area contributed by atoms with Gasteiger partial charge in [0.2, 0.25) is 11.7 Å². The quantitative estimate of drug-likeness (QED) is 0.465. The molecule has 2 fully saturated rings. The van der Waals surface area contributed by atoms with Crippen LogP contribution in [0, 0.1) is 0 Å². The van der Waals surface area contributed by atoms with Crippen molar-refractivity contribution < 1.29 is 19.2 Å². The van der Waals surface area contributed by atoms with Crippen LogP contribution in [0.1, 0.15) is 77.0 Å². The lowest BCUT2D eigenvalue weighted by atomic mass is 9.82. The van der Waals surface area contributed by atoms with Crippen LogP contribution < -0.4 is 10.6 Å². The molecule has 0 bridgehead atoms. The molecule has 0 atom stereocenters. The minimum atomic E-state index is -0.779. The average Bonchev–Trinajstić information content (AvgIpc) is 3.51. The maximum Gasteiger partial charge on any atom is 0.325 e. The van der Waals surface area contributed by atoms with Crippen LogP contribution in [0.5, 0.6) is 0 Å². The number of hydrogen-bond donors (Lipinski definition) is 2. The fourth-order valence-electron chi connectivity index (χ4n) is 5.20. The Morgan fingerprint density at radius 2 is 1.88 bits per heavy atom. The van der Waals surface area contributed by atoms with Crippen molar-refractivity contribution in [1.82, 2.24) is 10.2 Å². The minimum absolute atomic E-state index is 0.00440. The first-order valence-electron chi connectivity index (χ1n) is 11.7. The van der Waals surface area contributed by atoms with Crippen molar-refractivity contribution in [2.45, 2.75) is 69.7 Å². The first kappa shape index (κ1) is 22.3. The number of imide groups is 1. The van der Waals surface area contributed by atoms with Gasteiger partial charge in [0.15, 0.2) is 0 Å². The topological polar surface area (TPSA) is 95.6 Å². The van der Waals surface area contributed by atoms with Gasteiger partial charge in [-0.2, -0.15) is 0 Å². The number of nitrogens with one attached hydrogen (secondary N) is 2. The first-order chi connectivity index (χ1) is 16.0. The number of anilines is 1. The number of ketones is 1. The van der Waals surface area contributed by atoms with E-state index in [0.717, 1.165) is 50.5 Å². The van der Waals surface area contributed by atoms with Crippen LogP contribution in [0.4, 0.5) is 9.80 Å². The molecule has 0 aromatic carbocycles. The summed E-state index contributed by atoms with van der Waals surface area (Å²) in [6.07, 6.45) is 8.13. The summed E-state index contributed by atoms with van der Waals surface area (Å²) in [5, 5.41) is 8.27. The molecule has 2 aromatic heterocycles. The Hall–Kier alpha value is -2.52. The molecule has 5 rings (SSSR count). The van der Waals surface area contributed by atoms with E-state index in [2.05, 4.69) is 10.6 Å². The lowest BCUT2D eigenvalue weighted by Crippen LogP contribution is -2.48. The predicted molar refractivity (Wildman–Crippen MR) is 128 cm³/mol. The highest BCUT2D eigenvalue weighted by atomic mass is 32.1. The Labute approximate surface area is 200 Å². The zero-order valence-electron chi connectivity index (χ0n) is 18.4. The molecule has 1 saturated heterocycles. The molecule has 9 heteroatoms. The van der Waals surface area contributed by atoms with Gasteiger partial charge in [-0.15, -0.1) is 22.7 Å². The number of hydrogen-bond acceptors (Lipinski definition) is 6. The third-order valence-electron chi connectivity index (χ3n) is 6.91. The van der Waals surface area contributed by atoms with Crippen molar-refractivity contribution >= 4 is 51.3 Å². The van der Waals surface area contributed by atoms with Crippen LogP contribution >= 0.6 is 22.7 Å². The molecule has 3 aliphatic rings. The van der Waals surface area contributed by atoms with Crippen molar-refractivity contribution in [3.8, 4) is 0 Å². The summed E-state index contributed by atoms with van der Waals surface area (Å²) >= 11 is 2.88. The van der Waals surface area contributed by atoms with Crippen molar-refractivity contribution in [3.63, 3.8) is 0 Å². The van der Waals surface area contributed by atoms with Crippen LogP contribution in [0.2, 0.25) is 0 Å². The van der Waals surface area contributed by atoms with Crippen molar-refractivity contribution in [3.05, 3.63) is 38.4 Å². The molecule has 1 spiro atoms. The summed E-state index contributed by atoms with van der Waals surface area (Å²) in [6, 6.07) is 3.26. The van der Waals surface area contributed by atoms with Crippen LogP contribution in [0.3, 0.4) is 0 Å². The molecule has 33 heavy (non-hydrogen) atoms. The number of thiophene rings is 2. The molecule has 4 amide bonds. The van der Waals surface area contributed by atoms with Crippen LogP contribution in [-0.2, 0) is 22.4 Å². The standard InChI is InChI=1S/C24H27N3O4S2/c28-18(10-13-27-22(30)24(26-23(27)31)11-4-1-5-12-24)25-21-19(20(29)17-9-6-14-32-17)15-7-2-3-8-16(15)33-21/h6,9,14H,1-5,7-8,10-13H2,(H,25,28)(H,26,31). The first-order valence-corrected chi connectivity index (χ1v) is 13.3. The van der Waals surface area contributed by atoms with Crippen LogP contribution in [0.25, 0.3) is 0 Å². The van der Waals surface area contributed by atoms with E-state index in [-0.39, 0.29) is 30.6 Å². The van der Waals surface area contributed by atoms with Gasteiger partial charge in [0, 0.05) is 17.8 Å². The predicted octanol–water partition coefficient (Wildman–Crippen LogP) is 4.50. The van der Waals surface area contributed by atoms with Gasteiger partial charge in [-0.3, -0.25) is 19.3 Å². The minimum Gasteiger partial charge on any atom is -0.323 e. The fraction of sp³-hybridized carbons (Fsp3) is 0.500. The zero-order chi connectivity index (χ0) is 23.0. The molecule has 174 valence electrons. The largest absolute Gasteiger partial charge is 0.325 e. The molecule has 2 aliphatic carbocycles. The number of urea groups is 1. The summed E-state index contributed by atoms with van der Waals surface area (Å²) in [5.41, 5.74) is 0.897. The van der Waals surface area contributed by atoms with E-state index >= 15 is 0 Å².